The molecule has 1 aromatic rings. The summed E-state index contributed by atoms with van der Waals surface area (Å²) in [5.74, 6) is 0.656. The smallest absolute Gasteiger partial charge is 0.0719 e. The molecule has 0 amide bonds. The van der Waals surface area contributed by atoms with Crippen molar-refractivity contribution in [2.45, 2.75) is 46.8 Å². The molecule has 0 aromatic heterocycles. The van der Waals surface area contributed by atoms with Gasteiger partial charge in [-0.1, -0.05) is 38.5 Å². The van der Waals surface area contributed by atoms with Gasteiger partial charge >= 0.3 is 0 Å². The van der Waals surface area contributed by atoms with Crippen LogP contribution in [0.1, 0.15) is 43.4 Å². The van der Waals surface area contributed by atoms with E-state index in [0.29, 0.717) is 19.1 Å². The summed E-state index contributed by atoms with van der Waals surface area (Å²) in [7, 11) is 0. The summed E-state index contributed by atoms with van der Waals surface area (Å²) in [6.07, 6.45) is 2.47. The van der Waals surface area contributed by atoms with Gasteiger partial charge in [-0.05, 0) is 36.0 Å². The van der Waals surface area contributed by atoms with E-state index in [1.165, 1.54) is 29.5 Å². The summed E-state index contributed by atoms with van der Waals surface area (Å²) >= 11 is 0. The minimum Gasteiger partial charge on any atom is -0.376 e. The lowest BCUT2D eigenvalue weighted by Gasteiger charge is -2.12. The van der Waals surface area contributed by atoms with Gasteiger partial charge in [0.2, 0.25) is 0 Å². The molecule has 1 rings (SSSR count). The Morgan fingerprint density at radius 1 is 1.35 bits per heavy atom. The van der Waals surface area contributed by atoms with E-state index in [1.807, 2.05) is 0 Å². The van der Waals surface area contributed by atoms with Crippen LogP contribution in [-0.2, 0) is 17.9 Å². The molecule has 2 heteroatoms. The number of hydrogen-bond acceptors (Lipinski definition) is 2. The summed E-state index contributed by atoms with van der Waals surface area (Å²) in [6.45, 7) is 8.75. The third-order valence-corrected chi connectivity index (χ3v) is 3.08. The molecule has 0 heterocycles. The molecule has 0 spiro atoms. The zero-order valence-electron chi connectivity index (χ0n) is 11.3. The van der Waals surface area contributed by atoms with E-state index < -0.39 is 0 Å². The van der Waals surface area contributed by atoms with Crippen molar-refractivity contribution in [1.82, 2.24) is 0 Å². The first-order valence-electron chi connectivity index (χ1n) is 6.53. The first kappa shape index (κ1) is 14.2. The molecular formula is C15H25NO. The number of benzene rings is 1. The number of ether oxygens (including phenoxy) is 1. The highest BCUT2D eigenvalue weighted by atomic mass is 16.5. The average Bonchev–Trinajstić information content (AvgIpc) is 2.31. The molecule has 0 fully saturated rings. The Kier molecular flexibility index (Phi) is 6.23. The normalized spacial score (nSPS) is 12.7. The summed E-state index contributed by atoms with van der Waals surface area (Å²) in [5, 5.41) is 0. The third-order valence-electron chi connectivity index (χ3n) is 3.08. The molecule has 96 valence electrons. The number of rotatable bonds is 7. The second-order valence-corrected chi connectivity index (χ2v) is 4.87. The molecule has 2 N–H and O–H groups in total. The number of nitrogens with two attached hydrogens (primary N) is 1. The fourth-order valence-corrected chi connectivity index (χ4v) is 1.99. The van der Waals surface area contributed by atoms with Gasteiger partial charge in [0.1, 0.15) is 0 Å². The Balaban J connectivity index is 2.41. The predicted molar refractivity (Wildman–Crippen MR) is 72.8 cm³/mol. The van der Waals surface area contributed by atoms with E-state index in [2.05, 4.69) is 39.0 Å². The van der Waals surface area contributed by atoms with Crippen LogP contribution in [0.2, 0.25) is 0 Å². The first-order chi connectivity index (χ1) is 8.17. The van der Waals surface area contributed by atoms with Crippen LogP contribution in [-0.4, -0.2) is 6.61 Å². The standard InChI is InChI=1S/C15H25NO/c1-4-5-12(2)10-17-11-15-7-6-14(9-16)8-13(15)3/h6-8,12H,4-5,9-11,16H2,1-3H3. The van der Waals surface area contributed by atoms with Gasteiger partial charge in [0.05, 0.1) is 6.61 Å². The maximum atomic E-state index is 5.76. The second-order valence-electron chi connectivity index (χ2n) is 4.87. The molecule has 0 bridgehead atoms. The highest BCUT2D eigenvalue weighted by Crippen LogP contribution is 2.13. The Bertz CT molecular complexity index is 336. The molecule has 0 saturated heterocycles. The van der Waals surface area contributed by atoms with E-state index >= 15 is 0 Å². The van der Waals surface area contributed by atoms with Crippen molar-refractivity contribution in [1.29, 1.82) is 0 Å². The van der Waals surface area contributed by atoms with Crippen molar-refractivity contribution < 1.29 is 4.74 Å². The van der Waals surface area contributed by atoms with Crippen molar-refractivity contribution in [3.63, 3.8) is 0 Å². The van der Waals surface area contributed by atoms with Gasteiger partial charge in [-0.2, -0.15) is 0 Å². The summed E-state index contributed by atoms with van der Waals surface area (Å²) < 4.78 is 5.76. The van der Waals surface area contributed by atoms with E-state index in [0.717, 1.165) is 6.61 Å². The molecule has 17 heavy (non-hydrogen) atoms. The Labute approximate surface area is 105 Å². The summed E-state index contributed by atoms with van der Waals surface area (Å²) in [4.78, 5) is 0. The predicted octanol–water partition coefficient (Wildman–Crippen LogP) is 3.41. The monoisotopic (exact) mass is 235 g/mol. The van der Waals surface area contributed by atoms with Crippen LogP contribution in [0.4, 0.5) is 0 Å². The van der Waals surface area contributed by atoms with Crippen LogP contribution < -0.4 is 5.73 Å². The van der Waals surface area contributed by atoms with E-state index in [4.69, 9.17) is 10.5 Å². The zero-order valence-corrected chi connectivity index (χ0v) is 11.3. The van der Waals surface area contributed by atoms with Crippen molar-refractivity contribution in [3.05, 3.63) is 34.9 Å². The Hall–Kier alpha value is -0.860. The van der Waals surface area contributed by atoms with Gasteiger partial charge in [0.15, 0.2) is 0 Å². The van der Waals surface area contributed by atoms with Gasteiger partial charge in [0, 0.05) is 13.2 Å². The van der Waals surface area contributed by atoms with Crippen LogP contribution in [0.15, 0.2) is 18.2 Å². The number of aryl methyl sites for hydroxylation is 1. The largest absolute Gasteiger partial charge is 0.376 e. The highest BCUT2D eigenvalue weighted by molar-refractivity contribution is 5.30. The van der Waals surface area contributed by atoms with Gasteiger partial charge in [-0.15, -0.1) is 0 Å². The molecule has 0 radical (unpaired) electrons. The van der Waals surface area contributed by atoms with Crippen molar-refractivity contribution in [2.24, 2.45) is 11.7 Å². The minimum absolute atomic E-state index is 0.607. The fourth-order valence-electron chi connectivity index (χ4n) is 1.99. The second kappa shape index (κ2) is 7.46. The summed E-state index contributed by atoms with van der Waals surface area (Å²) in [6, 6.07) is 6.36. The highest BCUT2D eigenvalue weighted by Gasteiger charge is 2.03. The van der Waals surface area contributed by atoms with Crippen molar-refractivity contribution in [2.75, 3.05) is 6.61 Å². The minimum atomic E-state index is 0.607. The van der Waals surface area contributed by atoms with Crippen LogP contribution in [0, 0.1) is 12.8 Å². The van der Waals surface area contributed by atoms with Gasteiger partial charge in [-0.3, -0.25) is 0 Å². The Morgan fingerprint density at radius 2 is 2.12 bits per heavy atom. The molecule has 1 unspecified atom stereocenters. The van der Waals surface area contributed by atoms with E-state index in [9.17, 15) is 0 Å². The average molecular weight is 235 g/mol. The SMILES string of the molecule is CCCC(C)COCc1ccc(CN)cc1C. The topological polar surface area (TPSA) is 35.2 Å². The van der Waals surface area contributed by atoms with Crippen LogP contribution in [0.25, 0.3) is 0 Å². The van der Waals surface area contributed by atoms with Gasteiger partial charge in [0.25, 0.3) is 0 Å². The molecule has 1 atom stereocenters. The van der Waals surface area contributed by atoms with Gasteiger partial charge in [-0.25, -0.2) is 0 Å². The summed E-state index contributed by atoms with van der Waals surface area (Å²) in [5.41, 5.74) is 9.34. The van der Waals surface area contributed by atoms with E-state index in [1.54, 1.807) is 0 Å². The molecular weight excluding hydrogens is 210 g/mol. The molecule has 0 saturated carbocycles. The zero-order chi connectivity index (χ0) is 12.7. The number of hydrogen-bond donors (Lipinski definition) is 1. The van der Waals surface area contributed by atoms with Crippen LogP contribution in [0.3, 0.4) is 0 Å². The Morgan fingerprint density at radius 3 is 2.71 bits per heavy atom. The molecule has 0 aliphatic heterocycles. The van der Waals surface area contributed by atoms with Crippen LogP contribution >= 0.6 is 0 Å². The molecule has 0 aliphatic carbocycles. The van der Waals surface area contributed by atoms with Crippen molar-refractivity contribution >= 4 is 0 Å². The lowest BCUT2D eigenvalue weighted by molar-refractivity contribution is 0.0890. The van der Waals surface area contributed by atoms with E-state index in [-0.39, 0.29) is 0 Å². The third kappa shape index (κ3) is 4.88. The van der Waals surface area contributed by atoms with Crippen molar-refractivity contribution in [3.8, 4) is 0 Å². The molecule has 0 aliphatic rings. The molecule has 1 aromatic carbocycles. The lowest BCUT2D eigenvalue weighted by Crippen LogP contribution is -2.06. The quantitative estimate of drug-likeness (QED) is 0.786. The van der Waals surface area contributed by atoms with Crippen LogP contribution in [0.5, 0.6) is 0 Å². The molecule has 2 nitrogen and oxygen atoms in total. The fraction of sp³-hybridized carbons (Fsp3) is 0.600. The maximum Gasteiger partial charge on any atom is 0.0719 e. The van der Waals surface area contributed by atoms with Gasteiger partial charge < -0.3 is 10.5 Å². The maximum absolute atomic E-state index is 5.76. The lowest BCUT2D eigenvalue weighted by atomic mass is 10.1. The first-order valence-corrected chi connectivity index (χ1v) is 6.53.